The van der Waals surface area contributed by atoms with Crippen LogP contribution >= 0.6 is 70.0 Å². The molecule has 1 aliphatic carbocycles. The molecule has 2 amide bonds. The topological polar surface area (TPSA) is 37.4 Å². The van der Waals surface area contributed by atoms with Crippen LogP contribution in [0.25, 0.3) is 0 Å². The maximum Gasteiger partial charge on any atom is 0.247 e. The van der Waals surface area contributed by atoms with Gasteiger partial charge in [-0.1, -0.05) is 70.2 Å². The van der Waals surface area contributed by atoms with E-state index in [0.717, 1.165) is 10.7 Å². The molecule has 0 N–H and O–H groups in total. The number of alkyl halides is 5. The molecule has 2 rings (SSSR count). The quantitative estimate of drug-likeness (QED) is 0.312. The van der Waals surface area contributed by atoms with Gasteiger partial charge in [0.1, 0.15) is 0 Å². The van der Waals surface area contributed by atoms with Crippen LogP contribution in [0.2, 0.25) is 0 Å². The highest BCUT2D eigenvalue weighted by Crippen LogP contribution is 2.55. The van der Waals surface area contributed by atoms with Crippen LogP contribution in [-0.2, 0) is 9.59 Å². The minimum Gasteiger partial charge on any atom is -0.273 e. The molecular formula is C10H8Cl5NO2S. The first-order chi connectivity index (χ1) is 8.65. The van der Waals surface area contributed by atoms with Gasteiger partial charge in [-0.2, -0.15) is 0 Å². The van der Waals surface area contributed by atoms with Gasteiger partial charge in [-0.05, 0) is 12.8 Å². The molecule has 9 heteroatoms. The van der Waals surface area contributed by atoms with Gasteiger partial charge >= 0.3 is 0 Å². The van der Waals surface area contributed by atoms with Crippen LogP contribution in [-0.4, -0.2) is 23.6 Å². The van der Waals surface area contributed by atoms with Gasteiger partial charge in [-0.3, -0.25) is 9.59 Å². The Morgan fingerprint density at radius 2 is 1.79 bits per heavy atom. The van der Waals surface area contributed by atoms with Crippen molar-refractivity contribution in [3.8, 4) is 0 Å². The van der Waals surface area contributed by atoms with E-state index in [1.807, 2.05) is 6.08 Å². The molecule has 2 unspecified atom stereocenters. The molecule has 1 aliphatic heterocycles. The molecule has 1 heterocycles. The number of carbonyl (C=O) groups is 2. The van der Waals surface area contributed by atoms with Crippen LogP contribution in [0.5, 0.6) is 0 Å². The highest BCUT2D eigenvalue weighted by Gasteiger charge is 2.55. The fourth-order valence-electron chi connectivity index (χ4n) is 2.01. The molecule has 1 saturated heterocycles. The van der Waals surface area contributed by atoms with Gasteiger partial charge in [0.25, 0.3) is 0 Å². The molecule has 0 radical (unpaired) electrons. The molecule has 3 nitrogen and oxygen atoms in total. The van der Waals surface area contributed by atoms with E-state index < -0.39 is 13.4 Å². The summed E-state index contributed by atoms with van der Waals surface area (Å²) in [7, 11) is 0. The van der Waals surface area contributed by atoms with Gasteiger partial charge < -0.3 is 0 Å². The highest BCUT2D eigenvalue weighted by atomic mass is 35.6. The summed E-state index contributed by atoms with van der Waals surface area (Å²) in [6.45, 7) is 0. The predicted octanol–water partition coefficient (Wildman–Crippen LogP) is 4.09. The van der Waals surface area contributed by atoms with Crippen molar-refractivity contribution in [2.45, 2.75) is 20.3 Å². The van der Waals surface area contributed by atoms with Crippen molar-refractivity contribution in [3.63, 3.8) is 0 Å². The molecule has 2 aliphatic rings. The summed E-state index contributed by atoms with van der Waals surface area (Å²) in [6.07, 6.45) is 4.99. The number of fused-ring (bicyclic) bond motifs is 1. The van der Waals surface area contributed by atoms with Crippen molar-refractivity contribution < 1.29 is 9.59 Å². The summed E-state index contributed by atoms with van der Waals surface area (Å²) in [5.41, 5.74) is 0. The lowest BCUT2D eigenvalue weighted by atomic mass is 9.86. The van der Waals surface area contributed by atoms with E-state index in [2.05, 4.69) is 0 Å². The number of hydrogen-bond donors (Lipinski definition) is 0. The smallest absolute Gasteiger partial charge is 0.247 e. The maximum atomic E-state index is 12.2. The number of hydrogen-bond acceptors (Lipinski definition) is 3. The lowest BCUT2D eigenvalue weighted by Crippen LogP contribution is -2.35. The normalized spacial score (nSPS) is 27.9. The Labute approximate surface area is 139 Å². The minimum atomic E-state index is -2.04. The Kier molecular flexibility index (Phi) is 4.62. The van der Waals surface area contributed by atoms with Crippen LogP contribution in [0.1, 0.15) is 12.8 Å². The van der Waals surface area contributed by atoms with Crippen LogP contribution < -0.4 is 0 Å². The van der Waals surface area contributed by atoms with Crippen molar-refractivity contribution in [2.24, 2.45) is 11.8 Å². The molecule has 0 spiro atoms. The van der Waals surface area contributed by atoms with Gasteiger partial charge in [0.05, 0.1) is 11.8 Å². The van der Waals surface area contributed by atoms with E-state index in [1.165, 1.54) is 0 Å². The second-order valence-corrected chi connectivity index (χ2v) is 9.43. The number of allylic oxidation sites excluding steroid dienone is 1. The third-order valence-electron chi connectivity index (χ3n) is 2.96. The van der Waals surface area contributed by atoms with Crippen molar-refractivity contribution in [3.05, 3.63) is 12.2 Å². The Bertz CT molecular complexity index is 448. The first kappa shape index (κ1) is 16.1. The van der Waals surface area contributed by atoms with E-state index in [0.29, 0.717) is 18.4 Å². The molecule has 2 atom stereocenters. The summed E-state index contributed by atoms with van der Waals surface area (Å²) in [4.78, 5) is 24.3. The van der Waals surface area contributed by atoms with Gasteiger partial charge in [0.15, 0.2) is 0 Å². The fourth-order valence-corrected chi connectivity index (χ4v) is 3.51. The first-order valence-electron chi connectivity index (χ1n) is 5.33. The average Bonchev–Trinajstić information content (AvgIpc) is 2.54. The number of amides is 2. The zero-order valence-electron chi connectivity index (χ0n) is 9.29. The molecule has 0 saturated carbocycles. The number of halogens is 5. The minimum absolute atomic E-state index is 0.343. The average molecular weight is 384 g/mol. The lowest BCUT2D eigenvalue weighted by molar-refractivity contribution is -0.133. The van der Waals surface area contributed by atoms with Crippen molar-refractivity contribution in [2.75, 3.05) is 0 Å². The number of rotatable bonds is 2. The molecule has 0 aromatic carbocycles. The van der Waals surface area contributed by atoms with Crippen molar-refractivity contribution in [1.82, 2.24) is 4.31 Å². The largest absolute Gasteiger partial charge is 0.273 e. The van der Waals surface area contributed by atoms with E-state index in [9.17, 15) is 9.59 Å². The van der Waals surface area contributed by atoms with Gasteiger partial charge in [-0.25, -0.2) is 4.31 Å². The van der Waals surface area contributed by atoms with Gasteiger partial charge in [0, 0.05) is 11.9 Å². The van der Waals surface area contributed by atoms with Gasteiger partial charge in [0.2, 0.25) is 19.3 Å². The Hall–Kier alpha value is 0.680. The molecule has 0 aromatic heterocycles. The maximum absolute atomic E-state index is 12.2. The Morgan fingerprint density at radius 3 is 2.32 bits per heavy atom. The number of nitrogens with zero attached hydrogens (tertiary/aromatic N) is 1. The number of imide groups is 1. The summed E-state index contributed by atoms with van der Waals surface area (Å²) in [5, 5.41) is 0. The third kappa shape index (κ3) is 2.99. The zero-order valence-corrected chi connectivity index (χ0v) is 13.9. The Morgan fingerprint density at radius 1 is 1.16 bits per heavy atom. The molecule has 19 heavy (non-hydrogen) atoms. The Balaban J connectivity index is 2.21. The zero-order chi connectivity index (χ0) is 14.4. The lowest BCUT2D eigenvalue weighted by Gasteiger charge is -2.29. The monoisotopic (exact) mass is 381 g/mol. The standard InChI is InChI=1S/C10H8Cl5NO2S/c11-9(12,13)10(14,15)19-16-7(17)5-3-1-2-4-6(5)8(16)18/h1,3,5-6H,2,4H2. The second-order valence-electron chi connectivity index (χ2n) is 4.21. The molecule has 0 aromatic rings. The van der Waals surface area contributed by atoms with Crippen LogP contribution in [0.3, 0.4) is 0 Å². The van der Waals surface area contributed by atoms with E-state index >= 15 is 0 Å². The SMILES string of the molecule is O=C1C2C=CCCC2C(=O)N1SC(Cl)(Cl)C(Cl)(Cl)Cl. The van der Waals surface area contributed by atoms with Crippen molar-refractivity contribution in [1.29, 1.82) is 0 Å². The molecule has 106 valence electrons. The van der Waals surface area contributed by atoms with E-state index in [1.54, 1.807) is 6.08 Å². The number of carbonyl (C=O) groups excluding carboxylic acids is 2. The third-order valence-corrected chi connectivity index (χ3v) is 6.79. The van der Waals surface area contributed by atoms with Gasteiger partial charge in [-0.15, -0.1) is 0 Å². The summed E-state index contributed by atoms with van der Waals surface area (Å²) in [5.74, 6) is -1.56. The summed E-state index contributed by atoms with van der Waals surface area (Å²) in [6, 6.07) is 0. The fraction of sp³-hybridized carbons (Fsp3) is 0.600. The first-order valence-corrected chi connectivity index (χ1v) is 7.99. The predicted molar refractivity (Wildman–Crippen MR) is 79.5 cm³/mol. The molecule has 0 bridgehead atoms. The van der Waals surface area contributed by atoms with Crippen LogP contribution in [0.4, 0.5) is 0 Å². The van der Waals surface area contributed by atoms with Crippen molar-refractivity contribution >= 4 is 81.8 Å². The summed E-state index contributed by atoms with van der Waals surface area (Å²) >= 11 is 29.2. The molecule has 1 fully saturated rings. The highest BCUT2D eigenvalue weighted by molar-refractivity contribution is 8.02. The second kappa shape index (κ2) is 5.47. The van der Waals surface area contributed by atoms with E-state index in [4.69, 9.17) is 58.0 Å². The van der Waals surface area contributed by atoms with E-state index in [-0.39, 0.29) is 17.7 Å². The van der Waals surface area contributed by atoms with Crippen LogP contribution in [0, 0.1) is 11.8 Å². The van der Waals surface area contributed by atoms with Crippen LogP contribution in [0.15, 0.2) is 12.2 Å². The molecular weight excluding hydrogens is 375 g/mol. The summed E-state index contributed by atoms with van der Waals surface area (Å²) < 4.78 is -3.06.